The summed E-state index contributed by atoms with van der Waals surface area (Å²) in [5.74, 6) is -0.768. The number of hydrogen-bond acceptors (Lipinski definition) is 7. The zero-order valence-corrected chi connectivity index (χ0v) is 24.8. The van der Waals surface area contributed by atoms with E-state index < -0.39 is 23.8 Å². The maximum absolute atomic E-state index is 13.9. The monoisotopic (exact) mass is 605 g/mol. The molecule has 2 amide bonds. The molecule has 1 aliphatic carbocycles. The van der Waals surface area contributed by atoms with Crippen LogP contribution in [-0.4, -0.2) is 59.1 Å². The van der Waals surface area contributed by atoms with E-state index in [1.807, 2.05) is 26.0 Å². The summed E-state index contributed by atoms with van der Waals surface area (Å²) in [6, 6.07) is 2.76. The Labute approximate surface area is 250 Å². The number of benzene rings is 1. The van der Waals surface area contributed by atoms with Gasteiger partial charge in [0.2, 0.25) is 11.8 Å². The van der Waals surface area contributed by atoms with Crippen molar-refractivity contribution < 1.29 is 27.6 Å². The molecule has 13 heteroatoms. The van der Waals surface area contributed by atoms with Gasteiger partial charge in [-0.3, -0.25) is 19.4 Å². The Morgan fingerprint density at radius 1 is 1.02 bits per heavy atom. The van der Waals surface area contributed by atoms with Crippen LogP contribution >= 0.6 is 0 Å². The van der Waals surface area contributed by atoms with E-state index in [0.717, 1.165) is 23.1 Å². The molecule has 0 spiro atoms. The van der Waals surface area contributed by atoms with E-state index in [1.54, 1.807) is 35.0 Å². The molecule has 3 aromatic heterocycles. The highest BCUT2D eigenvalue weighted by Gasteiger charge is 2.64. The van der Waals surface area contributed by atoms with Crippen LogP contribution in [0.1, 0.15) is 59.8 Å². The summed E-state index contributed by atoms with van der Waals surface area (Å²) in [5.41, 5.74) is 2.27. The van der Waals surface area contributed by atoms with Gasteiger partial charge in [0.1, 0.15) is 18.4 Å². The van der Waals surface area contributed by atoms with Crippen LogP contribution in [0.5, 0.6) is 0 Å². The molecule has 1 aliphatic heterocycles. The molecule has 0 radical (unpaired) electrons. The molecule has 1 saturated carbocycles. The van der Waals surface area contributed by atoms with E-state index in [2.05, 4.69) is 25.3 Å². The molecule has 44 heavy (non-hydrogen) atoms. The van der Waals surface area contributed by atoms with Gasteiger partial charge in [0.25, 0.3) is 0 Å². The number of amides is 2. The number of nitrogens with zero attached hydrogens (tertiary/aromatic N) is 6. The first kappa shape index (κ1) is 29.4. The van der Waals surface area contributed by atoms with Gasteiger partial charge < -0.3 is 14.8 Å². The summed E-state index contributed by atoms with van der Waals surface area (Å²) in [5, 5.41) is 3.17. The standard InChI is InChI=1S/C31H30F3N7O3/c1-15-6-19(20-10-36-18(4)37-11-20)7-21-22(17(3)42)13-40(27(15)21)14-26(43)41-23(8-30(5)9-25(30)41)29(44)39-28-16(2)35-12-24(38-28)31(32,33)34/h6-7,10-13,23,25H,8-9,14H2,1-5H3,(H,38,39,44)/t23-,25+,30-/m0/s1. The van der Waals surface area contributed by atoms with Gasteiger partial charge in [-0.05, 0) is 69.2 Å². The van der Waals surface area contributed by atoms with Crippen LogP contribution in [0.3, 0.4) is 0 Å². The molecule has 1 saturated heterocycles. The molecule has 3 atom stereocenters. The number of rotatable bonds is 6. The Morgan fingerprint density at radius 2 is 1.73 bits per heavy atom. The molecule has 4 heterocycles. The number of fused-ring (bicyclic) bond motifs is 2. The van der Waals surface area contributed by atoms with Crippen LogP contribution in [-0.2, 0) is 22.3 Å². The number of halogens is 3. The molecule has 1 aromatic carbocycles. The third-order valence-electron chi connectivity index (χ3n) is 8.68. The van der Waals surface area contributed by atoms with Gasteiger partial charge in [-0.15, -0.1) is 0 Å². The topological polar surface area (TPSA) is 123 Å². The van der Waals surface area contributed by atoms with Crippen molar-refractivity contribution in [3.05, 3.63) is 65.3 Å². The lowest BCUT2D eigenvalue weighted by Crippen LogP contribution is -2.46. The first-order valence-corrected chi connectivity index (χ1v) is 14.1. The van der Waals surface area contributed by atoms with Crippen LogP contribution in [0.15, 0.2) is 36.9 Å². The average molecular weight is 606 g/mol. The highest BCUT2D eigenvalue weighted by atomic mass is 19.4. The number of aromatic nitrogens is 5. The normalized spacial score (nSPS) is 21.0. The minimum atomic E-state index is -4.73. The number of nitrogens with one attached hydrogen (secondary N) is 1. The van der Waals surface area contributed by atoms with Crippen molar-refractivity contribution in [3.63, 3.8) is 0 Å². The number of anilines is 1. The predicted octanol–water partition coefficient (Wildman–Crippen LogP) is 5.05. The number of aryl methyl sites for hydroxylation is 3. The van der Waals surface area contributed by atoms with Gasteiger partial charge in [0.05, 0.1) is 17.4 Å². The second-order valence-electron chi connectivity index (χ2n) is 12.0. The molecule has 4 aromatic rings. The molecule has 0 unspecified atom stereocenters. The molecule has 6 rings (SSSR count). The number of Topliss-reactive ketones (excluding diaryl/α,β-unsaturated/α-hetero) is 1. The second-order valence-corrected chi connectivity index (χ2v) is 12.0. The number of alkyl halides is 3. The smallest absolute Gasteiger partial charge is 0.337 e. The van der Waals surface area contributed by atoms with Crippen molar-refractivity contribution in [1.82, 2.24) is 29.4 Å². The number of piperidine rings is 1. The summed E-state index contributed by atoms with van der Waals surface area (Å²) in [4.78, 5) is 57.4. The Kier molecular flexibility index (Phi) is 6.82. The lowest BCUT2D eigenvalue weighted by atomic mass is 10.0. The van der Waals surface area contributed by atoms with Gasteiger partial charge in [-0.25, -0.2) is 15.0 Å². The quantitative estimate of drug-likeness (QED) is 0.305. The van der Waals surface area contributed by atoms with Crippen molar-refractivity contribution in [2.45, 2.75) is 72.3 Å². The van der Waals surface area contributed by atoms with E-state index in [4.69, 9.17) is 0 Å². The SMILES string of the molecule is CC(=O)c1cn(CC(=O)N2[C@H](C(=O)Nc3nc(C(F)(F)F)cnc3C)C[C@@]3(C)C[C@@H]23)c2c(C)cc(-c3cnc(C)nc3)cc12. The summed E-state index contributed by atoms with van der Waals surface area (Å²) in [6.45, 7) is 8.46. The van der Waals surface area contributed by atoms with Crippen molar-refractivity contribution in [2.75, 3.05) is 5.32 Å². The molecule has 0 bridgehead atoms. The lowest BCUT2D eigenvalue weighted by Gasteiger charge is -2.27. The maximum Gasteiger partial charge on any atom is 0.434 e. The molecular formula is C31H30F3N7O3. The third kappa shape index (κ3) is 5.09. The summed E-state index contributed by atoms with van der Waals surface area (Å²) in [7, 11) is 0. The van der Waals surface area contributed by atoms with Crippen LogP contribution in [0.4, 0.5) is 19.0 Å². The van der Waals surface area contributed by atoms with E-state index in [-0.39, 0.29) is 41.2 Å². The minimum Gasteiger partial charge on any atom is -0.337 e. The van der Waals surface area contributed by atoms with E-state index in [0.29, 0.717) is 34.9 Å². The van der Waals surface area contributed by atoms with E-state index in [9.17, 15) is 27.6 Å². The fraction of sp³-hybridized carbons (Fsp3) is 0.387. The number of ketones is 1. The van der Waals surface area contributed by atoms with Crippen molar-refractivity contribution in [2.24, 2.45) is 5.41 Å². The highest BCUT2D eigenvalue weighted by Crippen LogP contribution is 2.59. The zero-order valence-electron chi connectivity index (χ0n) is 24.8. The van der Waals surface area contributed by atoms with E-state index >= 15 is 0 Å². The molecule has 1 N–H and O–H groups in total. The zero-order chi connectivity index (χ0) is 31.7. The van der Waals surface area contributed by atoms with Gasteiger partial charge in [0, 0.05) is 41.1 Å². The Bertz CT molecular complexity index is 1850. The molecule has 2 aliphatic rings. The average Bonchev–Trinajstić information content (AvgIpc) is 3.30. The third-order valence-corrected chi connectivity index (χ3v) is 8.68. The fourth-order valence-corrected chi connectivity index (χ4v) is 6.26. The highest BCUT2D eigenvalue weighted by molar-refractivity contribution is 6.09. The van der Waals surface area contributed by atoms with Crippen LogP contribution in [0.25, 0.3) is 22.0 Å². The van der Waals surface area contributed by atoms with Gasteiger partial charge in [0.15, 0.2) is 17.3 Å². The lowest BCUT2D eigenvalue weighted by molar-refractivity contribution is -0.141. The molecule has 10 nitrogen and oxygen atoms in total. The number of hydrogen-bond donors (Lipinski definition) is 1. The van der Waals surface area contributed by atoms with E-state index in [1.165, 1.54) is 13.8 Å². The largest absolute Gasteiger partial charge is 0.434 e. The van der Waals surface area contributed by atoms with Gasteiger partial charge in [-0.1, -0.05) is 6.92 Å². The Balaban J connectivity index is 1.30. The van der Waals surface area contributed by atoms with Crippen LogP contribution < -0.4 is 5.32 Å². The molecule has 2 fully saturated rings. The summed E-state index contributed by atoms with van der Waals surface area (Å²) < 4.78 is 41.4. The summed E-state index contributed by atoms with van der Waals surface area (Å²) >= 11 is 0. The Morgan fingerprint density at radius 3 is 2.39 bits per heavy atom. The first-order valence-electron chi connectivity index (χ1n) is 14.1. The van der Waals surface area contributed by atoms with Crippen molar-refractivity contribution in [1.29, 1.82) is 0 Å². The minimum absolute atomic E-state index is 0.126. The van der Waals surface area contributed by atoms with Crippen molar-refractivity contribution in [3.8, 4) is 11.1 Å². The summed E-state index contributed by atoms with van der Waals surface area (Å²) in [6.07, 6.45) is 2.07. The fourth-order valence-electron chi connectivity index (χ4n) is 6.26. The van der Waals surface area contributed by atoms with Crippen LogP contribution in [0, 0.1) is 26.2 Å². The number of carbonyl (C=O) groups is 3. The van der Waals surface area contributed by atoms with Crippen LogP contribution in [0.2, 0.25) is 0 Å². The first-order chi connectivity index (χ1) is 20.7. The Hall–Kier alpha value is -4.68. The van der Waals surface area contributed by atoms with Crippen molar-refractivity contribution >= 4 is 34.3 Å². The maximum atomic E-state index is 13.9. The predicted molar refractivity (Wildman–Crippen MR) is 155 cm³/mol. The second kappa shape index (κ2) is 10.2. The van der Waals surface area contributed by atoms with Gasteiger partial charge in [-0.2, -0.15) is 13.2 Å². The number of likely N-dealkylation sites (tertiary alicyclic amines) is 1. The van der Waals surface area contributed by atoms with Gasteiger partial charge >= 0.3 is 6.18 Å². The molecule has 228 valence electrons. The number of carbonyl (C=O) groups excluding carboxylic acids is 3. The molecular weight excluding hydrogens is 575 g/mol.